The van der Waals surface area contributed by atoms with Crippen LogP contribution in [0.1, 0.15) is 18.0 Å². The lowest BCUT2D eigenvalue weighted by Crippen LogP contribution is -2.34. The summed E-state index contributed by atoms with van der Waals surface area (Å²) in [6.07, 6.45) is 1.01. The first-order valence-corrected chi connectivity index (χ1v) is 7.13. The van der Waals surface area contributed by atoms with Gasteiger partial charge in [-0.3, -0.25) is 0 Å². The first-order valence-electron chi connectivity index (χ1n) is 7.13. The Morgan fingerprint density at radius 2 is 1.80 bits per heavy atom. The van der Waals surface area contributed by atoms with E-state index in [1.165, 1.54) is 5.56 Å². The molecule has 1 heterocycles. The van der Waals surface area contributed by atoms with Crippen molar-refractivity contribution in [1.82, 2.24) is 0 Å². The minimum absolute atomic E-state index is 0.194. The van der Waals surface area contributed by atoms with Crippen LogP contribution in [0.2, 0.25) is 0 Å². The monoisotopic (exact) mass is 268 g/mol. The molecule has 2 aromatic carbocycles. The third-order valence-corrected chi connectivity index (χ3v) is 3.76. The van der Waals surface area contributed by atoms with E-state index in [4.69, 9.17) is 10.5 Å². The van der Waals surface area contributed by atoms with Crippen LogP contribution in [-0.2, 0) is 0 Å². The molecular formula is C17H20N2O. The third-order valence-electron chi connectivity index (χ3n) is 3.76. The molecular weight excluding hydrogens is 248 g/mol. The minimum Gasteiger partial charge on any atom is -0.491 e. The maximum absolute atomic E-state index is 6.06. The van der Waals surface area contributed by atoms with Gasteiger partial charge in [0.1, 0.15) is 5.75 Å². The normalized spacial score (nSPS) is 15.9. The van der Waals surface area contributed by atoms with Crippen LogP contribution in [0.25, 0.3) is 0 Å². The molecule has 1 atom stereocenters. The van der Waals surface area contributed by atoms with E-state index in [1.54, 1.807) is 0 Å². The molecule has 0 fully saturated rings. The third kappa shape index (κ3) is 2.49. The number of fused-ring (bicyclic) bond motifs is 1. The predicted molar refractivity (Wildman–Crippen MR) is 82.1 cm³/mol. The smallest absolute Gasteiger partial charge is 0.142 e. The second-order valence-electron chi connectivity index (χ2n) is 5.03. The van der Waals surface area contributed by atoms with E-state index >= 15 is 0 Å². The fourth-order valence-electron chi connectivity index (χ4n) is 2.80. The number of nitrogens with zero attached hydrogens (tertiary/aromatic N) is 1. The summed E-state index contributed by atoms with van der Waals surface area (Å²) < 4.78 is 5.83. The van der Waals surface area contributed by atoms with E-state index < -0.39 is 0 Å². The molecule has 1 unspecified atom stereocenters. The van der Waals surface area contributed by atoms with Crippen molar-refractivity contribution in [2.45, 2.75) is 12.5 Å². The average Bonchev–Trinajstić information content (AvgIpc) is 2.72. The van der Waals surface area contributed by atoms with E-state index in [0.717, 1.165) is 31.0 Å². The molecule has 0 bridgehead atoms. The van der Waals surface area contributed by atoms with E-state index in [2.05, 4.69) is 41.3 Å². The molecule has 2 aromatic rings. The molecule has 3 nitrogen and oxygen atoms in total. The van der Waals surface area contributed by atoms with Crippen molar-refractivity contribution < 1.29 is 4.74 Å². The number of rotatable bonds is 3. The quantitative estimate of drug-likeness (QED) is 0.930. The van der Waals surface area contributed by atoms with E-state index in [0.29, 0.717) is 6.54 Å². The number of hydrogen-bond acceptors (Lipinski definition) is 3. The Morgan fingerprint density at radius 3 is 2.60 bits per heavy atom. The second-order valence-corrected chi connectivity index (χ2v) is 5.03. The fourth-order valence-corrected chi connectivity index (χ4v) is 2.80. The van der Waals surface area contributed by atoms with E-state index in [1.807, 2.05) is 18.2 Å². The van der Waals surface area contributed by atoms with Crippen LogP contribution >= 0.6 is 0 Å². The number of anilines is 1. The van der Waals surface area contributed by atoms with Crippen LogP contribution in [-0.4, -0.2) is 19.7 Å². The molecule has 3 heteroatoms. The molecule has 0 saturated carbocycles. The van der Waals surface area contributed by atoms with Crippen LogP contribution in [0.4, 0.5) is 5.69 Å². The number of para-hydroxylation sites is 2. The highest BCUT2D eigenvalue weighted by Crippen LogP contribution is 2.35. The summed E-state index contributed by atoms with van der Waals surface area (Å²) in [7, 11) is 0. The van der Waals surface area contributed by atoms with Gasteiger partial charge in [0.15, 0.2) is 0 Å². The van der Waals surface area contributed by atoms with Gasteiger partial charge in [-0.25, -0.2) is 0 Å². The Balaban J connectivity index is 1.99. The fraction of sp³-hybridized carbons (Fsp3) is 0.294. The number of hydrogen-bond donors (Lipinski definition) is 1. The Kier molecular flexibility index (Phi) is 3.88. The highest BCUT2D eigenvalue weighted by atomic mass is 16.5. The highest BCUT2D eigenvalue weighted by molar-refractivity contribution is 5.60. The summed E-state index contributed by atoms with van der Waals surface area (Å²) in [5, 5.41) is 0. The van der Waals surface area contributed by atoms with Crippen molar-refractivity contribution >= 4 is 5.69 Å². The molecule has 20 heavy (non-hydrogen) atoms. The zero-order valence-corrected chi connectivity index (χ0v) is 11.5. The van der Waals surface area contributed by atoms with Crippen molar-refractivity contribution in [3.8, 4) is 5.75 Å². The molecule has 0 radical (unpaired) electrons. The van der Waals surface area contributed by atoms with Crippen molar-refractivity contribution in [2.24, 2.45) is 5.73 Å². The highest BCUT2D eigenvalue weighted by Gasteiger charge is 2.23. The van der Waals surface area contributed by atoms with Crippen molar-refractivity contribution in [3.05, 3.63) is 60.2 Å². The Hall–Kier alpha value is -2.00. The maximum atomic E-state index is 6.06. The van der Waals surface area contributed by atoms with Gasteiger partial charge in [0, 0.05) is 13.1 Å². The van der Waals surface area contributed by atoms with Gasteiger partial charge in [0.2, 0.25) is 0 Å². The van der Waals surface area contributed by atoms with Gasteiger partial charge in [-0.15, -0.1) is 0 Å². The molecule has 0 amide bonds. The van der Waals surface area contributed by atoms with Gasteiger partial charge in [0.05, 0.1) is 18.3 Å². The molecule has 1 aliphatic heterocycles. The van der Waals surface area contributed by atoms with Gasteiger partial charge < -0.3 is 15.4 Å². The molecule has 0 saturated heterocycles. The van der Waals surface area contributed by atoms with Crippen LogP contribution in [0, 0.1) is 0 Å². The molecule has 2 N–H and O–H groups in total. The number of benzene rings is 2. The zero-order chi connectivity index (χ0) is 13.8. The van der Waals surface area contributed by atoms with E-state index in [9.17, 15) is 0 Å². The topological polar surface area (TPSA) is 38.5 Å². The van der Waals surface area contributed by atoms with Gasteiger partial charge in [-0.1, -0.05) is 42.5 Å². The Labute approximate surface area is 120 Å². The van der Waals surface area contributed by atoms with Crippen molar-refractivity contribution in [3.63, 3.8) is 0 Å². The first kappa shape index (κ1) is 13.0. The van der Waals surface area contributed by atoms with E-state index in [-0.39, 0.29) is 6.04 Å². The maximum Gasteiger partial charge on any atom is 0.142 e. The largest absolute Gasteiger partial charge is 0.491 e. The summed E-state index contributed by atoms with van der Waals surface area (Å²) in [6, 6.07) is 18.9. The number of ether oxygens (including phenoxy) is 1. The average molecular weight is 268 g/mol. The second kappa shape index (κ2) is 5.97. The van der Waals surface area contributed by atoms with Crippen LogP contribution in [0.5, 0.6) is 5.75 Å². The van der Waals surface area contributed by atoms with Gasteiger partial charge >= 0.3 is 0 Å². The van der Waals surface area contributed by atoms with Crippen LogP contribution in [0.15, 0.2) is 54.6 Å². The Morgan fingerprint density at radius 1 is 1.05 bits per heavy atom. The standard InChI is InChI=1S/C17H20N2O/c18-13-16(14-7-2-1-3-8-14)19-11-6-12-20-17-10-5-4-9-15(17)19/h1-5,7-10,16H,6,11-13,18H2. The van der Waals surface area contributed by atoms with Crippen molar-refractivity contribution in [2.75, 3.05) is 24.6 Å². The minimum atomic E-state index is 0.194. The molecule has 1 aliphatic rings. The molecule has 0 spiro atoms. The summed E-state index contributed by atoms with van der Waals surface area (Å²) in [4.78, 5) is 2.37. The lowest BCUT2D eigenvalue weighted by Gasteiger charge is -2.32. The van der Waals surface area contributed by atoms with Crippen LogP contribution in [0.3, 0.4) is 0 Å². The molecule has 3 rings (SSSR count). The Bertz CT molecular complexity index is 556. The van der Waals surface area contributed by atoms with Gasteiger partial charge in [-0.2, -0.15) is 0 Å². The summed E-state index contributed by atoms with van der Waals surface area (Å²) in [6.45, 7) is 2.33. The lowest BCUT2D eigenvalue weighted by molar-refractivity contribution is 0.322. The summed E-state index contributed by atoms with van der Waals surface area (Å²) in [5.74, 6) is 0.958. The summed E-state index contributed by atoms with van der Waals surface area (Å²) >= 11 is 0. The lowest BCUT2D eigenvalue weighted by atomic mass is 10.0. The predicted octanol–water partition coefficient (Wildman–Crippen LogP) is 2.98. The van der Waals surface area contributed by atoms with Gasteiger partial charge in [-0.05, 0) is 24.1 Å². The number of nitrogens with two attached hydrogens (primary N) is 1. The SMILES string of the molecule is NCC(c1ccccc1)N1CCCOc2ccccc21. The van der Waals surface area contributed by atoms with Crippen molar-refractivity contribution in [1.29, 1.82) is 0 Å². The molecule has 104 valence electrons. The molecule has 0 aromatic heterocycles. The summed E-state index contributed by atoms with van der Waals surface area (Å²) in [5.41, 5.74) is 8.46. The molecule has 0 aliphatic carbocycles. The van der Waals surface area contributed by atoms with Crippen LogP contribution < -0.4 is 15.4 Å². The van der Waals surface area contributed by atoms with Gasteiger partial charge in [0.25, 0.3) is 0 Å². The first-order chi connectivity index (χ1) is 9.90. The zero-order valence-electron chi connectivity index (χ0n) is 11.5.